The third-order valence-electron chi connectivity index (χ3n) is 5.10. The minimum atomic E-state index is -0.988. The van der Waals surface area contributed by atoms with Gasteiger partial charge in [-0.05, 0) is 29.7 Å². The summed E-state index contributed by atoms with van der Waals surface area (Å²) < 4.78 is 6.92. The van der Waals surface area contributed by atoms with Crippen LogP contribution in [0.2, 0.25) is 0 Å². The van der Waals surface area contributed by atoms with Gasteiger partial charge < -0.3 is 14.4 Å². The number of hydrogen-bond acceptors (Lipinski definition) is 6. The number of nitrogens with zero attached hydrogens (tertiary/aromatic N) is 3. The van der Waals surface area contributed by atoms with E-state index in [4.69, 9.17) is 4.74 Å². The number of nitrogens with one attached hydrogen (secondary N) is 1. The van der Waals surface area contributed by atoms with Crippen molar-refractivity contribution >= 4 is 23.0 Å². The van der Waals surface area contributed by atoms with Crippen molar-refractivity contribution in [3.63, 3.8) is 0 Å². The molecule has 0 radical (unpaired) electrons. The number of rotatable bonds is 6. The molecule has 2 N–H and O–H groups in total. The normalized spacial score (nSPS) is 10.9. The summed E-state index contributed by atoms with van der Waals surface area (Å²) in [5.41, 5.74) is 2.55. The number of aryl methyl sites for hydroxylation is 1. The number of benzene rings is 2. The van der Waals surface area contributed by atoms with Crippen molar-refractivity contribution in [2.75, 3.05) is 0 Å². The molecular formula is C23H20N4O5. The summed E-state index contributed by atoms with van der Waals surface area (Å²) in [6, 6.07) is 14.2. The van der Waals surface area contributed by atoms with Crippen LogP contribution in [0.15, 0.2) is 53.3 Å². The lowest BCUT2D eigenvalue weighted by atomic mass is 9.99. The van der Waals surface area contributed by atoms with Crippen molar-refractivity contribution in [3.8, 4) is 17.0 Å². The number of fused-ring (bicyclic) bond motifs is 1. The van der Waals surface area contributed by atoms with Gasteiger partial charge >= 0.3 is 11.9 Å². The van der Waals surface area contributed by atoms with Crippen LogP contribution < -0.4 is 10.3 Å². The third kappa shape index (κ3) is 3.87. The molecule has 0 unspecified atom stereocenters. The standard InChI is InChI=1S/C23H20N4O5/c1-3-18(28)32-22-19-20(21(29)25-26-22)27(13(2)24-19)12-14-8-10-15(11-9-14)16-6-4-5-7-17(16)23(30)31/h4-11H,3,12H2,1-2H3,(H,25,29)(H,30,31). The molecule has 2 aromatic heterocycles. The van der Waals surface area contributed by atoms with Gasteiger partial charge in [0.25, 0.3) is 11.4 Å². The van der Waals surface area contributed by atoms with Crippen LogP contribution in [0.5, 0.6) is 5.88 Å². The first-order valence-corrected chi connectivity index (χ1v) is 9.97. The van der Waals surface area contributed by atoms with E-state index in [2.05, 4.69) is 15.2 Å². The van der Waals surface area contributed by atoms with E-state index < -0.39 is 17.5 Å². The van der Waals surface area contributed by atoms with Crippen LogP contribution in [-0.2, 0) is 11.3 Å². The van der Waals surface area contributed by atoms with E-state index in [9.17, 15) is 19.5 Å². The van der Waals surface area contributed by atoms with E-state index in [0.29, 0.717) is 17.9 Å². The van der Waals surface area contributed by atoms with Crippen LogP contribution in [0.4, 0.5) is 0 Å². The Morgan fingerprint density at radius 1 is 1.12 bits per heavy atom. The molecule has 0 saturated carbocycles. The van der Waals surface area contributed by atoms with Crippen LogP contribution >= 0.6 is 0 Å². The zero-order chi connectivity index (χ0) is 22.8. The van der Waals surface area contributed by atoms with Crippen LogP contribution in [0, 0.1) is 6.92 Å². The minimum Gasteiger partial charge on any atom is -0.478 e. The summed E-state index contributed by atoms with van der Waals surface area (Å²) in [4.78, 5) is 40.1. The van der Waals surface area contributed by atoms with Crippen molar-refractivity contribution in [3.05, 3.63) is 75.8 Å². The molecule has 4 aromatic rings. The average molecular weight is 432 g/mol. The molecule has 0 amide bonds. The molecule has 0 aliphatic carbocycles. The third-order valence-corrected chi connectivity index (χ3v) is 5.10. The second kappa shape index (κ2) is 8.46. The van der Waals surface area contributed by atoms with Gasteiger partial charge in [0.1, 0.15) is 11.3 Å². The fraction of sp³-hybridized carbons (Fsp3) is 0.174. The molecule has 0 aliphatic heterocycles. The van der Waals surface area contributed by atoms with Crippen molar-refractivity contribution in [1.82, 2.24) is 19.7 Å². The van der Waals surface area contributed by atoms with E-state index in [1.54, 1.807) is 42.7 Å². The first kappa shape index (κ1) is 21.0. The summed E-state index contributed by atoms with van der Waals surface area (Å²) in [6.45, 7) is 3.76. The summed E-state index contributed by atoms with van der Waals surface area (Å²) in [6.07, 6.45) is 0.166. The van der Waals surface area contributed by atoms with Gasteiger partial charge in [0.2, 0.25) is 0 Å². The van der Waals surface area contributed by atoms with E-state index in [0.717, 1.165) is 11.1 Å². The number of imidazole rings is 1. The number of carbonyl (C=O) groups excluding carboxylic acids is 1. The van der Waals surface area contributed by atoms with Gasteiger partial charge in [-0.15, -0.1) is 5.10 Å². The Labute approximate surface area is 182 Å². The van der Waals surface area contributed by atoms with Gasteiger partial charge in [0, 0.05) is 13.0 Å². The average Bonchev–Trinajstić information content (AvgIpc) is 3.13. The molecule has 32 heavy (non-hydrogen) atoms. The topological polar surface area (TPSA) is 127 Å². The molecule has 0 aliphatic rings. The second-order valence-corrected chi connectivity index (χ2v) is 7.18. The highest BCUT2D eigenvalue weighted by atomic mass is 16.5. The zero-order valence-electron chi connectivity index (χ0n) is 17.5. The van der Waals surface area contributed by atoms with Gasteiger partial charge in [-0.2, -0.15) is 0 Å². The predicted molar refractivity (Wildman–Crippen MR) is 117 cm³/mol. The predicted octanol–water partition coefficient (Wildman–Crippen LogP) is 3.16. The Kier molecular flexibility index (Phi) is 5.55. The molecule has 0 atom stereocenters. The fourth-order valence-corrected chi connectivity index (χ4v) is 3.49. The molecule has 9 heteroatoms. The molecule has 162 valence electrons. The highest BCUT2D eigenvalue weighted by molar-refractivity contribution is 5.96. The molecule has 0 spiro atoms. The van der Waals surface area contributed by atoms with Crippen molar-refractivity contribution in [2.45, 2.75) is 26.8 Å². The summed E-state index contributed by atoms with van der Waals surface area (Å²) in [7, 11) is 0. The van der Waals surface area contributed by atoms with Crippen molar-refractivity contribution in [2.24, 2.45) is 0 Å². The molecule has 0 bridgehead atoms. The van der Waals surface area contributed by atoms with Crippen molar-refractivity contribution < 1.29 is 19.4 Å². The number of esters is 1. The van der Waals surface area contributed by atoms with Crippen LogP contribution in [-0.4, -0.2) is 36.8 Å². The lowest BCUT2D eigenvalue weighted by Gasteiger charge is -2.10. The van der Waals surface area contributed by atoms with Crippen LogP contribution in [0.3, 0.4) is 0 Å². The Morgan fingerprint density at radius 2 is 1.84 bits per heavy atom. The van der Waals surface area contributed by atoms with Gasteiger partial charge in [0.05, 0.1) is 5.56 Å². The number of carbonyl (C=O) groups is 2. The number of H-pyrrole nitrogens is 1. The number of carboxylic acid groups (broad SMARTS) is 1. The number of ether oxygens (including phenoxy) is 1. The molecule has 2 aromatic carbocycles. The Balaban J connectivity index is 1.70. The number of aromatic amines is 1. The number of aromatic carboxylic acids is 1. The maximum Gasteiger partial charge on any atom is 0.336 e. The summed E-state index contributed by atoms with van der Waals surface area (Å²) in [5, 5.41) is 15.6. The monoisotopic (exact) mass is 432 g/mol. The van der Waals surface area contributed by atoms with Crippen molar-refractivity contribution in [1.29, 1.82) is 0 Å². The van der Waals surface area contributed by atoms with Crippen LogP contribution in [0.1, 0.15) is 35.1 Å². The maximum absolute atomic E-state index is 12.5. The molecule has 0 fully saturated rings. The molecule has 4 rings (SSSR count). The highest BCUT2D eigenvalue weighted by Gasteiger charge is 2.19. The second-order valence-electron chi connectivity index (χ2n) is 7.18. The first-order valence-electron chi connectivity index (χ1n) is 9.97. The molecule has 9 nitrogen and oxygen atoms in total. The number of carboxylic acids is 1. The van der Waals surface area contributed by atoms with E-state index >= 15 is 0 Å². The maximum atomic E-state index is 12.5. The summed E-state index contributed by atoms with van der Waals surface area (Å²) >= 11 is 0. The quantitative estimate of drug-likeness (QED) is 0.448. The van der Waals surface area contributed by atoms with E-state index in [1.807, 2.05) is 24.3 Å². The van der Waals surface area contributed by atoms with E-state index in [-0.39, 0.29) is 28.9 Å². The molecule has 0 saturated heterocycles. The number of hydrogen-bond donors (Lipinski definition) is 2. The largest absolute Gasteiger partial charge is 0.478 e. The lowest BCUT2D eigenvalue weighted by molar-refractivity contribution is -0.134. The van der Waals surface area contributed by atoms with Gasteiger partial charge in [-0.25, -0.2) is 14.9 Å². The summed E-state index contributed by atoms with van der Waals surface area (Å²) in [5.74, 6) is -0.936. The van der Waals surface area contributed by atoms with E-state index in [1.165, 1.54) is 0 Å². The molecular weight excluding hydrogens is 412 g/mol. The zero-order valence-corrected chi connectivity index (χ0v) is 17.5. The number of aromatic nitrogens is 4. The fourth-order valence-electron chi connectivity index (χ4n) is 3.49. The van der Waals surface area contributed by atoms with Gasteiger partial charge in [-0.1, -0.05) is 49.4 Å². The minimum absolute atomic E-state index is 0.0334. The Hall–Kier alpha value is -4.27. The Morgan fingerprint density at radius 3 is 2.53 bits per heavy atom. The smallest absolute Gasteiger partial charge is 0.336 e. The first-order chi connectivity index (χ1) is 15.4. The van der Waals surface area contributed by atoms with Crippen LogP contribution in [0.25, 0.3) is 22.2 Å². The van der Waals surface area contributed by atoms with Gasteiger partial charge in [0.15, 0.2) is 5.52 Å². The highest BCUT2D eigenvalue weighted by Crippen LogP contribution is 2.26. The lowest BCUT2D eigenvalue weighted by Crippen LogP contribution is -2.16. The molecule has 2 heterocycles. The SMILES string of the molecule is CCC(=O)Oc1n[nH]c(=O)c2c1nc(C)n2Cc1ccc(-c2ccccc2C(=O)O)cc1. The van der Waals surface area contributed by atoms with Gasteiger partial charge in [-0.3, -0.25) is 9.59 Å². The Bertz CT molecular complexity index is 1390.